The van der Waals surface area contributed by atoms with E-state index < -0.39 is 0 Å². The maximum absolute atomic E-state index is 3.58. The highest BCUT2D eigenvalue weighted by Crippen LogP contribution is 2.29. The molecule has 1 fully saturated rings. The van der Waals surface area contributed by atoms with E-state index in [1.54, 1.807) is 0 Å². The molecule has 0 aromatic carbocycles. The van der Waals surface area contributed by atoms with E-state index in [9.17, 15) is 0 Å². The van der Waals surface area contributed by atoms with Crippen LogP contribution < -0.4 is 5.32 Å². The van der Waals surface area contributed by atoms with Crippen molar-refractivity contribution in [3.05, 3.63) is 0 Å². The average molecular weight is 155 g/mol. The molecule has 0 aromatic heterocycles. The zero-order chi connectivity index (χ0) is 8.27. The molecule has 1 rings (SSSR count). The largest absolute Gasteiger partial charge is 0.314 e. The van der Waals surface area contributed by atoms with Crippen LogP contribution in [0.15, 0.2) is 0 Å². The first-order valence-corrected chi connectivity index (χ1v) is 4.93. The molecule has 0 heterocycles. The van der Waals surface area contributed by atoms with Gasteiger partial charge in [0, 0.05) is 6.04 Å². The number of hydrogen-bond acceptors (Lipinski definition) is 1. The Bertz CT molecular complexity index is 105. The van der Waals surface area contributed by atoms with Gasteiger partial charge in [-0.15, -0.1) is 0 Å². The molecule has 0 bridgehead atoms. The van der Waals surface area contributed by atoms with Gasteiger partial charge in [-0.05, 0) is 38.1 Å². The lowest BCUT2D eigenvalue weighted by atomic mass is 9.80. The number of hydrogen-bond donors (Lipinski definition) is 1. The summed E-state index contributed by atoms with van der Waals surface area (Å²) in [5, 5.41) is 3.58. The molecule has 0 spiro atoms. The van der Waals surface area contributed by atoms with Crippen LogP contribution in [0.5, 0.6) is 0 Å². The quantitative estimate of drug-likeness (QED) is 0.657. The van der Waals surface area contributed by atoms with Crippen molar-refractivity contribution in [3.8, 4) is 0 Å². The van der Waals surface area contributed by atoms with Crippen LogP contribution in [-0.2, 0) is 0 Å². The third-order valence-corrected chi connectivity index (χ3v) is 2.71. The molecule has 0 amide bonds. The highest BCUT2D eigenvalue weighted by atomic mass is 14.9. The minimum Gasteiger partial charge on any atom is -0.314 e. The lowest BCUT2D eigenvalue weighted by Crippen LogP contribution is -2.38. The standard InChI is InChI=1S/C10H21N/c1-8(2)7-11-9(3)10-5-4-6-10/h8-11H,4-7H2,1-3H3/t9-/m0/s1. The first kappa shape index (κ1) is 9.05. The van der Waals surface area contributed by atoms with Crippen LogP contribution in [0, 0.1) is 11.8 Å². The third kappa shape index (κ3) is 2.82. The zero-order valence-electron chi connectivity index (χ0n) is 8.06. The monoisotopic (exact) mass is 155 g/mol. The molecule has 1 aliphatic carbocycles. The van der Waals surface area contributed by atoms with Crippen LogP contribution in [0.25, 0.3) is 0 Å². The van der Waals surface area contributed by atoms with Crippen LogP contribution in [0.3, 0.4) is 0 Å². The molecule has 66 valence electrons. The van der Waals surface area contributed by atoms with Crippen molar-refractivity contribution in [2.24, 2.45) is 11.8 Å². The normalized spacial score (nSPS) is 21.8. The molecule has 11 heavy (non-hydrogen) atoms. The predicted octanol–water partition coefficient (Wildman–Crippen LogP) is 2.42. The second-order valence-electron chi connectivity index (χ2n) is 4.28. The first-order chi connectivity index (χ1) is 5.20. The summed E-state index contributed by atoms with van der Waals surface area (Å²) in [6.07, 6.45) is 4.36. The second kappa shape index (κ2) is 4.10. The van der Waals surface area contributed by atoms with Gasteiger partial charge in [-0.2, -0.15) is 0 Å². The summed E-state index contributed by atoms with van der Waals surface area (Å²) in [5.74, 6) is 1.77. The fourth-order valence-electron chi connectivity index (χ4n) is 1.53. The number of nitrogens with one attached hydrogen (secondary N) is 1. The van der Waals surface area contributed by atoms with Gasteiger partial charge in [-0.1, -0.05) is 20.3 Å². The van der Waals surface area contributed by atoms with Crippen LogP contribution in [0.2, 0.25) is 0 Å². The highest BCUT2D eigenvalue weighted by molar-refractivity contribution is 4.79. The van der Waals surface area contributed by atoms with Crippen molar-refractivity contribution in [2.75, 3.05) is 6.54 Å². The Morgan fingerprint density at radius 3 is 2.27 bits per heavy atom. The van der Waals surface area contributed by atoms with Gasteiger partial charge < -0.3 is 5.32 Å². The summed E-state index contributed by atoms with van der Waals surface area (Å²) < 4.78 is 0. The Kier molecular flexibility index (Phi) is 3.38. The van der Waals surface area contributed by atoms with Gasteiger partial charge in [0.15, 0.2) is 0 Å². The van der Waals surface area contributed by atoms with E-state index in [2.05, 4.69) is 26.1 Å². The SMILES string of the molecule is CC(C)CN[C@@H](C)C1CCC1. The van der Waals surface area contributed by atoms with Crippen LogP contribution in [-0.4, -0.2) is 12.6 Å². The van der Waals surface area contributed by atoms with E-state index in [4.69, 9.17) is 0 Å². The van der Waals surface area contributed by atoms with Gasteiger partial charge in [0.25, 0.3) is 0 Å². The van der Waals surface area contributed by atoms with E-state index in [1.807, 2.05) is 0 Å². The molecule has 1 heteroatoms. The summed E-state index contributed by atoms with van der Waals surface area (Å²) in [6, 6.07) is 0.756. The first-order valence-electron chi connectivity index (χ1n) is 4.93. The maximum atomic E-state index is 3.58. The van der Waals surface area contributed by atoms with Gasteiger partial charge in [0.05, 0.1) is 0 Å². The van der Waals surface area contributed by atoms with Crippen molar-refractivity contribution < 1.29 is 0 Å². The molecule has 0 saturated heterocycles. The van der Waals surface area contributed by atoms with Crippen molar-refractivity contribution in [1.29, 1.82) is 0 Å². The minimum absolute atomic E-state index is 0.756. The van der Waals surface area contributed by atoms with Gasteiger partial charge >= 0.3 is 0 Å². The Hall–Kier alpha value is -0.0400. The van der Waals surface area contributed by atoms with Crippen molar-refractivity contribution in [3.63, 3.8) is 0 Å². The summed E-state index contributed by atoms with van der Waals surface area (Å²) in [7, 11) is 0. The third-order valence-electron chi connectivity index (χ3n) is 2.71. The van der Waals surface area contributed by atoms with Gasteiger partial charge in [0.2, 0.25) is 0 Å². The molecule has 0 aliphatic heterocycles. The molecule has 0 radical (unpaired) electrons. The van der Waals surface area contributed by atoms with E-state index in [1.165, 1.54) is 25.8 Å². The molecule has 0 unspecified atom stereocenters. The Morgan fingerprint density at radius 2 is 1.91 bits per heavy atom. The average Bonchev–Trinajstić information content (AvgIpc) is 1.79. The molecule has 0 aromatic rings. The Balaban J connectivity index is 2.05. The molecule has 1 nitrogen and oxygen atoms in total. The fraction of sp³-hybridized carbons (Fsp3) is 1.00. The molecular weight excluding hydrogens is 134 g/mol. The Morgan fingerprint density at radius 1 is 1.27 bits per heavy atom. The van der Waals surface area contributed by atoms with Gasteiger partial charge in [-0.25, -0.2) is 0 Å². The van der Waals surface area contributed by atoms with Crippen LogP contribution in [0.1, 0.15) is 40.0 Å². The summed E-state index contributed by atoms with van der Waals surface area (Å²) in [4.78, 5) is 0. The molecular formula is C10H21N. The predicted molar refractivity (Wildman–Crippen MR) is 49.6 cm³/mol. The number of rotatable bonds is 4. The highest BCUT2D eigenvalue weighted by Gasteiger charge is 2.23. The van der Waals surface area contributed by atoms with Crippen molar-refractivity contribution >= 4 is 0 Å². The summed E-state index contributed by atoms with van der Waals surface area (Å²) in [5.41, 5.74) is 0. The molecule has 1 N–H and O–H groups in total. The van der Waals surface area contributed by atoms with Gasteiger partial charge in [0.1, 0.15) is 0 Å². The van der Waals surface area contributed by atoms with Crippen LogP contribution in [0.4, 0.5) is 0 Å². The van der Waals surface area contributed by atoms with Crippen molar-refractivity contribution in [1.82, 2.24) is 5.32 Å². The van der Waals surface area contributed by atoms with Crippen LogP contribution >= 0.6 is 0 Å². The maximum Gasteiger partial charge on any atom is 0.00671 e. The molecule has 1 saturated carbocycles. The van der Waals surface area contributed by atoms with Gasteiger partial charge in [-0.3, -0.25) is 0 Å². The Labute approximate surface area is 70.6 Å². The minimum atomic E-state index is 0.756. The second-order valence-corrected chi connectivity index (χ2v) is 4.28. The zero-order valence-corrected chi connectivity index (χ0v) is 8.06. The lowest BCUT2D eigenvalue weighted by molar-refractivity contribution is 0.236. The van der Waals surface area contributed by atoms with E-state index in [0.717, 1.165) is 17.9 Å². The smallest absolute Gasteiger partial charge is 0.00671 e. The summed E-state index contributed by atoms with van der Waals surface area (Å²) >= 11 is 0. The lowest BCUT2D eigenvalue weighted by Gasteiger charge is -2.32. The fourth-order valence-corrected chi connectivity index (χ4v) is 1.53. The molecule has 1 aliphatic rings. The van der Waals surface area contributed by atoms with E-state index in [-0.39, 0.29) is 0 Å². The summed E-state index contributed by atoms with van der Waals surface area (Å²) in [6.45, 7) is 8.03. The van der Waals surface area contributed by atoms with E-state index >= 15 is 0 Å². The molecule has 1 atom stereocenters. The van der Waals surface area contributed by atoms with Crippen molar-refractivity contribution in [2.45, 2.75) is 46.1 Å². The van der Waals surface area contributed by atoms with E-state index in [0.29, 0.717) is 0 Å². The topological polar surface area (TPSA) is 12.0 Å².